The molecule has 0 aliphatic carbocycles. The first-order valence-electron chi connectivity index (χ1n) is 5.53. The summed E-state index contributed by atoms with van der Waals surface area (Å²) in [5, 5.41) is 12.6. The number of anilines is 1. The van der Waals surface area contributed by atoms with E-state index in [0.29, 0.717) is 0 Å². The lowest BCUT2D eigenvalue weighted by atomic mass is 10.3. The molecule has 2 rings (SSSR count). The lowest BCUT2D eigenvalue weighted by Gasteiger charge is -2.13. The normalized spacial score (nSPS) is 11.3. The van der Waals surface area contributed by atoms with Gasteiger partial charge < -0.3 is 10.5 Å². The molecule has 0 bridgehead atoms. The number of nitrogens with two attached hydrogens (primary N) is 1. The Labute approximate surface area is 146 Å². The number of ether oxygens (including phenoxy) is 1. The van der Waals surface area contributed by atoms with E-state index < -0.39 is 12.1 Å². The topological polar surface area (TPSA) is 76.9 Å². The smallest absolute Gasteiger partial charge is 0.406 e. The van der Waals surface area contributed by atoms with Crippen LogP contribution in [-0.4, -0.2) is 16.1 Å². The van der Waals surface area contributed by atoms with Crippen LogP contribution in [0.1, 0.15) is 5.69 Å². The molecule has 1 aromatic heterocycles. The molecule has 0 spiro atoms. The van der Waals surface area contributed by atoms with Gasteiger partial charge in [-0.15, -0.1) is 24.8 Å². The van der Waals surface area contributed by atoms with E-state index in [0.717, 1.165) is 27.6 Å². The van der Waals surface area contributed by atoms with Crippen molar-refractivity contribution in [2.24, 2.45) is 0 Å². The Bertz CT molecular complexity index is 781. The third-order valence-corrected chi connectivity index (χ3v) is 4.22. The molecule has 0 aliphatic rings. The first-order chi connectivity index (χ1) is 10.7. The van der Waals surface area contributed by atoms with Crippen LogP contribution in [0.25, 0.3) is 5.69 Å². The number of thiol groups is 1. The minimum absolute atomic E-state index is 0.0190. The molecule has 12 heteroatoms. The SMILES string of the molecule is N#Cc1nn(-c2c(Cl)cc(OC(F)(F)F)cc2Cl)c(N)c1SS. The van der Waals surface area contributed by atoms with E-state index in [1.165, 1.54) is 0 Å². The zero-order chi connectivity index (χ0) is 17.4. The van der Waals surface area contributed by atoms with E-state index in [1.807, 2.05) is 6.07 Å². The van der Waals surface area contributed by atoms with Crippen LogP contribution in [-0.2, 0) is 0 Å². The van der Waals surface area contributed by atoms with Crippen molar-refractivity contribution in [3.8, 4) is 17.5 Å². The van der Waals surface area contributed by atoms with Gasteiger partial charge >= 0.3 is 6.36 Å². The molecule has 0 atom stereocenters. The van der Waals surface area contributed by atoms with Gasteiger partial charge in [-0.2, -0.15) is 10.4 Å². The summed E-state index contributed by atoms with van der Waals surface area (Å²) in [7, 11) is 0.889. The van der Waals surface area contributed by atoms with Crippen molar-refractivity contribution in [1.82, 2.24) is 9.78 Å². The maximum Gasteiger partial charge on any atom is 0.573 e. The third-order valence-electron chi connectivity index (χ3n) is 2.51. The Morgan fingerprint density at radius 3 is 2.30 bits per heavy atom. The summed E-state index contributed by atoms with van der Waals surface area (Å²) in [6.45, 7) is 0. The summed E-state index contributed by atoms with van der Waals surface area (Å²) < 4.78 is 41.6. The van der Waals surface area contributed by atoms with Gasteiger partial charge in [-0.05, 0) is 0 Å². The molecule has 0 saturated carbocycles. The van der Waals surface area contributed by atoms with Crippen LogP contribution in [0.5, 0.6) is 5.75 Å². The summed E-state index contributed by atoms with van der Waals surface area (Å²) in [5.41, 5.74) is 5.85. The van der Waals surface area contributed by atoms with E-state index in [-0.39, 0.29) is 32.1 Å². The van der Waals surface area contributed by atoms with Crippen molar-refractivity contribution in [3.63, 3.8) is 0 Å². The van der Waals surface area contributed by atoms with Crippen LogP contribution in [0, 0.1) is 11.3 Å². The minimum Gasteiger partial charge on any atom is -0.406 e. The Morgan fingerprint density at radius 1 is 1.35 bits per heavy atom. The Kier molecular flexibility index (Phi) is 5.15. The van der Waals surface area contributed by atoms with Gasteiger partial charge in [0.2, 0.25) is 0 Å². The number of nitriles is 1. The van der Waals surface area contributed by atoms with Crippen molar-refractivity contribution in [2.75, 3.05) is 5.73 Å². The molecule has 122 valence electrons. The van der Waals surface area contributed by atoms with Crippen molar-refractivity contribution >= 4 is 51.5 Å². The maximum atomic E-state index is 12.2. The summed E-state index contributed by atoms with van der Waals surface area (Å²) in [5.74, 6) is -0.568. The molecular formula is C11H5Cl2F3N4OS2. The highest BCUT2D eigenvalue weighted by Gasteiger charge is 2.32. The fraction of sp³-hybridized carbons (Fsp3) is 0.0909. The second-order valence-corrected chi connectivity index (χ2v) is 5.91. The molecule has 0 amide bonds. The number of aromatic nitrogens is 2. The third kappa shape index (κ3) is 3.74. The quantitative estimate of drug-likeness (QED) is 0.586. The molecule has 2 N–H and O–H groups in total. The molecule has 1 aromatic carbocycles. The highest BCUT2D eigenvalue weighted by atomic mass is 35.5. The van der Waals surface area contributed by atoms with Gasteiger partial charge in [0.1, 0.15) is 23.3 Å². The number of nitrogens with zero attached hydrogens (tertiary/aromatic N) is 3. The van der Waals surface area contributed by atoms with E-state index in [4.69, 9.17) is 34.2 Å². The molecule has 0 saturated heterocycles. The first kappa shape index (κ1) is 17.9. The van der Waals surface area contributed by atoms with Crippen molar-refractivity contribution in [3.05, 3.63) is 27.9 Å². The zero-order valence-electron chi connectivity index (χ0n) is 10.7. The van der Waals surface area contributed by atoms with Gasteiger partial charge in [0.15, 0.2) is 5.69 Å². The highest BCUT2D eigenvalue weighted by Crippen LogP contribution is 2.39. The molecule has 5 nitrogen and oxygen atoms in total. The summed E-state index contributed by atoms with van der Waals surface area (Å²) >= 11 is 15.9. The van der Waals surface area contributed by atoms with E-state index in [1.54, 1.807) is 0 Å². The van der Waals surface area contributed by atoms with Gasteiger partial charge in [-0.1, -0.05) is 34.0 Å². The second-order valence-electron chi connectivity index (χ2n) is 3.96. The molecular weight excluding hydrogens is 396 g/mol. The lowest BCUT2D eigenvalue weighted by molar-refractivity contribution is -0.274. The van der Waals surface area contributed by atoms with Crippen molar-refractivity contribution < 1.29 is 17.9 Å². The number of alkyl halides is 3. The van der Waals surface area contributed by atoms with Crippen LogP contribution < -0.4 is 10.5 Å². The summed E-state index contributed by atoms with van der Waals surface area (Å²) in [6.07, 6.45) is -4.89. The largest absolute Gasteiger partial charge is 0.573 e. The fourth-order valence-electron chi connectivity index (χ4n) is 1.69. The lowest BCUT2D eigenvalue weighted by Crippen LogP contribution is -2.17. The van der Waals surface area contributed by atoms with Crippen molar-refractivity contribution in [1.29, 1.82) is 5.26 Å². The standard InChI is InChI=1S/C11H5Cl2F3N4OS2/c12-5-1-4(21-11(14,15)16)2-6(13)8(5)20-10(18)9(23-22)7(3-17)19-20/h1-2,22H,18H2. The second kappa shape index (κ2) is 6.60. The zero-order valence-corrected chi connectivity index (χ0v) is 14.0. The Balaban J connectivity index is 2.58. The number of halogens is 5. The van der Waals surface area contributed by atoms with Gasteiger partial charge in [-0.3, -0.25) is 0 Å². The number of hydrogen-bond donors (Lipinski definition) is 2. The molecule has 0 aliphatic heterocycles. The maximum absolute atomic E-state index is 12.2. The average Bonchev–Trinajstić information content (AvgIpc) is 2.72. The van der Waals surface area contributed by atoms with Gasteiger partial charge in [0, 0.05) is 12.1 Å². The number of nitrogen functional groups attached to an aromatic ring is 1. The molecule has 2 aromatic rings. The predicted molar refractivity (Wildman–Crippen MR) is 84.2 cm³/mol. The Morgan fingerprint density at radius 2 is 1.91 bits per heavy atom. The van der Waals surface area contributed by atoms with Crippen LogP contribution in [0.15, 0.2) is 17.0 Å². The number of rotatable bonds is 3. The van der Waals surface area contributed by atoms with Crippen LogP contribution in [0.4, 0.5) is 19.0 Å². The van der Waals surface area contributed by atoms with Crippen LogP contribution in [0.2, 0.25) is 10.0 Å². The molecule has 0 fully saturated rings. The van der Waals surface area contributed by atoms with E-state index in [9.17, 15) is 13.2 Å². The molecule has 0 unspecified atom stereocenters. The van der Waals surface area contributed by atoms with Crippen LogP contribution >= 0.6 is 45.7 Å². The van der Waals surface area contributed by atoms with E-state index >= 15 is 0 Å². The van der Waals surface area contributed by atoms with Crippen molar-refractivity contribution in [2.45, 2.75) is 11.3 Å². The molecule has 0 radical (unpaired) electrons. The minimum atomic E-state index is -4.89. The number of hydrogen-bond acceptors (Lipinski definition) is 6. The monoisotopic (exact) mass is 400 g/mol. The predicted octanol–water partition coefficient (Wildman–Crippen LogP) is 4.47. The molecule has 1 heterocycles. The average molecular weight is 401 g/mol. The molecule has 23 heavy (non-hydrogen) atoms. The van der Waals surface area contributed by atoms with Gasteiger partial charge in [-0.25, -0.2) is 4.68 Å². The Hall–Kier alpha value is -1.41. The first-order valence-corrected chi connectivity index (χ1v) is 8.15. The summed E-state index contributed by atoms with van der Waals surface area (Å²) in [4.78, 5) is 0.276. The van der Waals surface area contributed by atoms with Gasteiger partial charge in [0.05, 0.1) is 14.9 Å². The van der Waals surface area contributed by atoms with Gasteiger partial charge in [0.25, 0.3) is 0 Å². The number of benzene rings is 1. The summed E-state index contributed by atoms with van der Waals surface area (Å²) in [6, 6.07) is 3.64. The van der Waals surface area contributed by atoms with Crippen LogP contribution in [0.3, 0.4) is 0 Å². The van der Waals surface area contributed by atoms with E-state index in [2.05, 4.69) is 21.5 Å². The highest BCUT2D eigenvalue weighted by molar-refractivity contribution is 8.68. The fourth-order valence-corrected chi connectivity index (χ4v) is 3.21.